The number of aromatic nitrogens is 2. The Morgan fingerprint density at radius 3 is 2.05 bits per heavy atom. The van der Waals surface area contributed by atoms with E-state index in [1.807, 2.05) is 13.8 Å². The van der Waals surface area contributed by atoms with Crippen molar-refractivity contribution in [3.8, 4) is 0 Å². The zero-order chi connectivity index (χ0) is 15.9. The van der Waals surface area contributed by atoms with Crippen molar-refractivity contribution in [2.45, 2.75) is 13.8 Å². The molecule has 10 heteroatoms. The Bertz CT molecular complexity index is 498. The van der Waals surface area contributed by atoms with E-state index >= 15 is 0 Å². The lowest BCUT2D eigenvalue weighted by atomic mass is 9.57. The van der Waals surface area contributed by atoms with E-state index in [9.17, 15) is 0 Å². The van der Waals surface area contributed by atoms with Crippen molar-refractivity contribution in [3.63, 3.8) is 0 Å². The minimum absolute atomic E-state index is 0.238. The number of hydrogen-bond acceptors (Lipinski definition) is 6. The average molecular weight is 345 g/mol. The van der Waals surface area contributed by atoms with Crippen LogP contribution in [0, 0.1) is 0 Å². The van der Waals surface area contributed by atoms with Gasteiger partial charge in [0.1, 0.15) is 16.6 Å². The van der Waals surface area contributed by atoms with Gasteiger partial charge in [-0.1, -0.05) is 29.3 Å². The van der Waals surface area contributed by atoms with Crippen LogP contribution in [0.15, 0.2) is 11.7 Å². The molecule has 0 spiro atoms. The molecule has 0 amide bonds. The quantitative estimate of drug-likeness (QED) is 0.603. The van der Waals surface area contributed by atoms with Crippen LogP contribution in [0.4, 0.5) is 0 Å². The molecule has 0 radical (unpaired) electrons. The molecule has 1 fully saturated rings. The molecule has 0 unspecified atom stereocenters. The highest BCUT2D eigenvalue weighted by molar-refractivity contribution is 6.79. The van der Waals surface area contributed by atoms with E-state index in [1.54, 1.807) is 6.08 Å². The van der Waals surface area contributed by atoms with E-state index in [4.69, 9.17) is 41.8 Å². The minimum Gasteiger partial charge on any atom is -0.408 e. The van der Waals surface area contributed by atoms with Gasteiger partial charge in [0.25, 0.3) is 0 Å². The van der Waals surface area contributed by atoms with Crippen LogP contribution < -0.4 is 0 Å². The summed E-state index contributed by atoms with van der Waals surface area (Å²) in [6, 6.07) is 0. The van der Waals surface area contributed by atoms with Gasteiger partial charge in [-0.2, -0.15) is 0 Å². The monoisotopic (exact) mass is 344 g/mol. The van der Waals surface area contributed by atoms with E-state index in [2.05, 4.69) is 9.97 Å². The SMILES string of the molecule is CCOB1OCCOB(OCC)C1=Cc1c(Cl)ncnc1Cl. The molecule has 2 heterocycles. The van der Waals surface area contributed by atoms with E-state index < -0.39 is 14.2 Å². The van der Waals surface area contributed by atoms with Crippen molar-refractivity contribution in [3.05, 3.63) is 27.6 Å². The third-order valence-electron chi connectivity index (χ3n) is 2.90. The highest BCUT2D eigenvalue weighted by Crippen LogP contribution is 2.26. The van der Waals surface area contributed by atoms with Gasteiger partial charge < -0.3 is 18.6 Å². The number of rotatable bonds is 5. The van der Waals surface area contributed by atoms with Crippen molar-refractivity contribution in [1.82, 2.24) is 9.97 Å². The largest absolute Gasteiger partial charge is 0.485 e. The van der Waals surface area contributed by atoms with E-state index in [0.29, 0.717) is 37.4 Å². The third-order valence-corrected chi connectivity index (χ3v) is 3.50. The lowest BCUT2D eigenvalue weighted by molar-refractivity contribution is 0.164. The van der Waals surface area contributed by atoms with E-state index in [-0.39, 0.29) is 10.3 Å². The molecule has 22 heavy (non-hydrogen) atoms. The van der Waals surface area contributed by atoms with Crippen molar-refractivity contribution >= 4 is 43.5 Å². The third kappa shape index (κ3) is 4.44. The summed E-state index contributed by atoms with van der Waals surface area (Å²) in [5.74, 6) is 0. The fourth-order valence-corrected chi connectivity index (χ4v) is 2.41. The first-order chi connectivity index (χ1) is 10.7. The maximum Gasteiger partial charge on any atom is 0.485 e. The molecule has 0 aliphatic carbocycles. The minimum atomic E-state index is -0.601. The molecule has 118 valence electrons. The summed E-state index contributed by atoms with van der Waals surface area (Å²) in [5.41, 5.74) is 0.476. The summed E-state index contributed by atoms with van der Waals surface area (Å²) in [6.45, 7) is 5.53. The highest BCUT2D eigenvalue weighted by atomic mass is 35.5. The maximum atomic E-state index is 6.10. The molecular weight excluding hydrogens is 329 g/mol. The first-order valence-electron chi connectivity index (χ1n) is 7.01. The van der Waals surface area contributed by atoms with Crippen LogP contribution in [-0.2, 0) is 18.6 Å². The van der Waals surface area contributed by atoms with Gasteiger partial charge in [0, 0.05) is 18.8 Å². The smallest absolute Gasteiger partial charge is 0.408 e. The Morgan fingerprint density at radius 2 is 1.59 bits per heavy atom. The highest BCUT2D eigenvalue weighted by Gasteiger charge is 2.38. The zero-order valence-electron chi connectivity index (χ0n) is 12.4. The molecule has 6 nitrogen and oxygen atoms in total. The predicted molar refractivity (Wildman–Crippen MR) is 86.7 cm³/mol. The van der Waals surface area contributed by atoms with Crippen LogP contribution in [0.2, 0.25) is 10.3 Å². The molecule has 0 aromatic carbocycles. The lowest BCUT2D eigenvalue weighted by Crippen LogP contribution is -2.35. The summed E-state index contributed by atoms with van der Waals surface area (Å²) in [7, 11) is -1.20. The summed E-state index contributed by atoms with van der Waals surface area (Å²) >= 11 is 12.2. The van der Waals surface area contributed by atoms with Crippen LogP contribution >= 0.6 is 23.2 Å². The van der Waals surface area contributed by atoms with Gasteiger partial charge in [0.15, 0.2) is 0 Å². The van der Waals surface area contributed by atoms with E-state index in [1.165, 1.54) is 6.33 Å². The van der Waals surface area contributed by atoms with Gasteiger partial charge in [-0.3, -0.25) is 0 Å². The molecule has 0 saturated carbocycles. The fraction of sp³-hybridized carbons (Fsp3) is 0.500. The summed E-state index contributed by atoms with van der Waals surface area (Å²) in [6.07, 6.45) is 3.00. The summed E-state index contributed by atoms with van der Waals surface area (Å²) < 4.78 is 22.6. The molecule has 0 N–H and O–H groups in total. The standard InChI is InChI=1S/C12H16B2Cl2N2O4/c1-3-19-13-10(14(20-4-2)22-6-5-21-13)7-9-11(15)17-8-18-12(9)16/h7-8H,3-6H2,1-2H3. The first-order valence-corrected chi connectivity index (χ1v) is 7.76. The van der Waals surface area contributed by atoms with Gasteiger partial charge in [-0.25, -0.2) is 9.97 Å². The number of halogens is 2. The van der Waals surface area contributed by atoms with Crippen LogP contribution in [0.3, 0.4) is 0 Å². The Morgan fingerprint density at radius 1 is 1.09 bits per heavy atom. The molecule has 1 aromatic rings. The van der Waals surface area contributed by atoms with Crippen LogP contribution in [0.1, 0.15) is 19.4 Å². The van der Waals surface area contributed by atoms with Gasteiger partial charge in [0.05, 0.1) is 13.2 Å². The molecule has 1 saturated heterocycles. The molecule has 0 atom stereocenters. The van der Waals surface area contributed by atoms with Crippen LogP contribution in [0.25, 0.3) is 6.08 Å². The molecule has 1 aliphatic heterocycles. The summed E-state index contributed by atoms with van der Waals surface area (Å²) in [5, 5.41) is 1.12. The molecule has 1 aromatic heterocycles. The second-order valence-corrected chi connectivity index (χ2v) is 5.05. The molecule has 1 aliphatic rings. The van der Waals surface area contributed by atoms with Crippen LogP contribution in [-0.4, -0.2) is 50.6 Å². The van der Waals surface area contributed by atoms with Crippen molar-refractivity contribution < 1.29 is 18.6 Å². The lowest BCUT2D eigenvalue weighted by Gasteiger charge is -2.17. The van der Waals surface area contributed by atoms with Crippen molar-refractivity contribution in [2.24, 2.45) is 0 Å². The zero-order valence-corrected chi connectivity index (χ0v) is 13.9. The molecular formula is C12H16B2Cl2N2O4. The average Bonchev–Trinajstić information content (AvgIpc) is 2.67. The van der Waals surface area contributed by atoms with Crippen molar-refractivity contribution in [1.29, 1.82) is 0 Å². The van der Waals surface area contributed by atoms with Gasteiger partial charge in [-0.15, -0.1) is 0 Å². The van der Waals surface area contributed by atoms with E-state index in [0.717, 1.165) is 0 Å². The topological polar surface area (TPSA) is 62.7 Å². The van der Waals surface area contributed by atoms with Crippen molar-refractivity contribution in [2.75, 3.05) is 26.4 Å². The number of nitrogens with zero attached hydrogens (tertiary/aromatic N) is 2. The second kappa shape index (κ2) is 8.86. The summed E-state index contributed by atoms with van der Waals surface area (Å²) in [4.78, 5) is 7.87. The Balaban J connectivity index is 2.43. The van der Waals surface area contributed by atoms with Gasteiger partial charge in [0.2, 0.25) is 0 Å². The fourth-order valence-electron chi connectivity index (χ4n) is 1.98. The molecule has 2 rings (SSSR count). The predicted octanol–water partition coefficient (Wildman–Crippen LogP) is 2.34. The Kier molecular flexibility index (Phi) is 7.14. The first kappa shape index (κ1) is 17.7. The van der Waals surface area contributed by atoms with Gasteiger partial charge >= 0.3 is 14.2 Å². The normalized spacial score (nSPS) is 15.9. The number of hydrogen-bond donors (Lipinski definition) is 0. The maximum absolute atomic E-state index is 6.10. The van der Waals surface area contributed by atoms with Crippen LogP contribution in [0.5, 0.6) is 0 Å². The Hall–Kier alpha value is -0.630. The second-order valence-electron chi connectivity index (χ2n) is 4.33. The molecule has 0 bridgehead atoms. The van der Waals surface area contributed by atoms with Gasteiger partial charge in [-0.05, 0) is 19.2 Å². The Labute approximate surface area is 140 Å².